The molecule has 1 amide bonds. The van der Waals surface area contributed by atoms with E-state index in [-0.39, 0.29) is 21.8 Å². The summed E-state index contributed by atoms with van der Waals surface area (Å²) in [5.74, 6) is -0.933. The minimum Gasteiger partial charge on any atom is -0.452 e. The molecule has 0 saturated heterocycles. The monoisotopic (exact) mass is 495 g/mol. The molecule has 1 N–H and O–H groups in total. The fraction of sp³-hybridized carbons (Fsp3) is 0.346. The highest BCUT2D eigenvalue weighted by atomic mass is 35.5. The first-order valence-electron chi connectivity index (χ1n) is 11.4. The minimum absolute atomic E-state index is 0.0276. The van der Waals surface area contributed by atoms with Crippen LogP contribution in [0.5, 0.6) is 0 Å². The van der Waals surface area contributed by atoms with Crippen molar-refractivity contribution in [3.63, 3.8) is 0 Å². The van der Waals surface area contributed by atoms with E-state index < -0.39 is 23.4 Å². The predicted octanol–water partition coefficient (Wildman–Crippen LogP) is 5.74. The number of nitro groups is 1. The van der Waals surface area contributed by atoms with Crippen LogP contribution >= 0.6 is 11.6 Å². The molecule has 8 nitrogen and oxygen atoms in total. The largest absolute Gasteiger partial charge is 0.452 e. The van der Waals surface area contributed by atoms with E-state index in [0.29, 0.717) is 28.8 Å². The van der Waals surface area contributed by atoms with E-state index in [4.69, 9.17) is 21.3 Å². The van der Waals surface area contributed by atoms with Crippen molar-refractivity contribution in [3.8, 4) is 0 Å². The van der Waals surface area contributed by atoms with Crippen molar-refractivity contribution < 1.29 is 19.2 Å². The van der Waals surface area contributed by atoms with Crippen LogP contribution in [0.25, 0.3) is 10.9 Å². The number of benzene rings is 2. The Morgan fingerprint density at radius 1 is 1.23 bits per heavy atom. The van der Waals surface area contributed by atoms with Crippen LogP contribution in [0.3, 0.4) is 0 Å². The number of para-hydroxylation sites is 1. The Morgan fingerprint density at radius 2 is 1.97 bits per heavy atom. The Kier molecular flexibility index (Phi) is 6.76. The lowest BCUT2D eigenvalue weighted by Crippen LogP contribution is -2.29. The lowest BCUT2D eigenvalue weighted by molar-refractivity contribution is -0.383. The topological polar surface area (TPSA) is 111 Å². The number of ether oxygens (including phenoxy) is 1. The average molecular weight is 496 g/mol. The molecule has 2 aromatic carbocycles. The molecule has 1 heterocycles. The summed E-state index contributed by atoms with van der Waals surface area (Å²) in [6, 6.07) is 11.3. The zero-order chi connectivity index (χ0) is 25.3. The maximum absolute atomic E-state index is 13.3. The molecule has 3 aromatic rings. The number of hydrogen-bond donors (Lipinski definition) is 1. The van der Waals surface area contributed by atoms with Gasteiger partial charge in [-0.15, -0.1) is 0 Å². The van der Waals surface area contributed by atoms with Gasteiger partial charge in [0.15, 0.2) is 6.61 Å². The Bertz CT molecular complexity index is 1330. The smallest absolute Gasteiger partial charge is 0.339 e. The lowest BCUT2D eigenvalue weighted by atomic mass is 9.70. The van der Waals surface area contributed by atoms with Gasteiger partial charge in [0.25, 0.3) is 11.6 Å². The summed E-state index contributed by atoms with van der Waals surface area (Å²) < 4.78 is 5.41. The van der Waals surface area contributed by atoms with Gasteiger partial charge in [-0.3, -0.25) is 19.9 Å². The molecule has 0 bridgehead atoms. The third kappa shape index (κ3) is 5.27. The zero-order valence-corrected chi connectivity index (χ0v) is 20.5. The average Bonchev–Trinajstić information content (AvgIpc) is 2.81. The van der Waals surface area contributed by atoms with Crippen molar-refractivity contribution in [1.82, 2.24) is 4.98 Å². The number of fused-ring (bicyclic) bond motifs is 2. The molecule has 1 aliphatic carbocycles. The molecule has 182 valence electrons. The number of aryl methyl sites for hydroxylation is 1. The van der Waals surface area contributed by atoms with Gasteiger partial charge in [0.05, 0.1) is 16.0 Å². The Hall–Kier alpha value is -3.52. The minimum atomic E-state index is -0.691. The number of carbonyl (C=O) groups excluding carboxylic acids is 2. The van der Waals surface area contributed by atoms with E-state index in [0.717, 1.165) is 30.2 Å². The standard InChI is InChI=1S/C26H26ClN3O5/c1-26(2,3)15-8-10-20-18(12-15)24(17-6-4-5-7-19(17)28-20)25(32)35-14-23(31)29-21-11-9-16(27)13-22(21)30(33)34/h4-7,9,11,13,15H,8,10,12,14H2,1-3H3,(H,29,31)/t15-/m0/s1. The van der Waals surface area contributed by atoms with Gasteiger partial charge in [-0.2, -0.15) is 0 Å². The summed E-state index contributed by atoms with van der Waals surface area (Å²) in [4.78, 5) is 41.2. The molecule has 4 rings (SSSR count). The summed E-state index contributed by atoms with van der Waals surface area (Å²) in [5.41, 5.74) is 2.59. The van der Waals surface area contributed by atoms with Gasteiger partial charge in [0, 0.05) is 22.2 Å². The van der Waals surface area contributed by atoms with Crippen LogP contribution in [0.1, 0.15) is 48.8 Å². The second-order valence-corrected chi connectivity index (χ2v) is 10.2. The molecule has 0 fully saturated rings. The summed E-state index contributed by atoms with van der Waals surface area (Å²) >= 11 is 5.82. The van der Waals surface area contributed by atoms with Crippen LogP contribution in [0.4, 0.5) is 11.4 Å². The van der Waals surface area contributed by atoms with Crippen LogP contribution in [0, 0.1) is 21.4 Å². The van der Waals surface area contributed by atoms with Gasteiger partial charge in [-0.05, 0) is 54.4 Å². The first-order valence-corrected chi connectivity index (χ1v) is 11.7. The van der Waals surface area contributed by atoms with Crippen molar-refractivity contribution in [2.24, 2.45) is 11.3 Å². The molecule has 0 spiro atoms. The maximum atomic E-state index is 13.3. The summed E-state index contributed by atoms with van der Waals surface area (Å²) in [7, 11) is 0. The number of nitrogens with zero attached hydrogens (tertiary/aromatic N) is 2. The Balaban J connectivity index is 1.59. The number of carbonyl (C=O) groups is 2. The highest BCUT2D eigenvalue weighted by Gasteiger charge is 2.33. The number of nitro benzene ring substituents is 1. The van der Waals surface area contributed by atoms with E-state index in [2.05, 4.69) is 26.1 Å². The second-order valence-electron chi connectivity index (χ2n) is 9.78. The Morgan fingerprint density at radius 3 is 2.69 bits per heavy atom. The van der Waals surface area contributed by atoms with Crippen LogP contribution < -0.4 is 5.32 Å². The SMILES string of the molecule is CC(C)(C)[C@H]1CCc2nc3ccccc3c(C(=O)OCC(=O)Nc3ccc(Cl)cc3[N+](=O)[O-])c2C1. The van der Waals surface area contributed by atoms with Gasteiger partial charge in [0.1, 0.15) is 5.69 Å². The third-order valence-corrected chi connectivity index (χ3v) is 6.69. The molecule has 35 heavy (non-hydrogen) atoms. The number of hydrogen-bond acceptors (Lipinski definition) is 6. The molecule has 0 unspecified atom stereocenters. The number of halogens is 1. The van der Waals surface area contributed by atoms with Gasteiger partial charge < -0.3 is 10.1 Å². The fourth-order valence-corrected chi connectivity index (χ4v) is 4.68. The molecule has 1 aromatic heterocycles. The number of rotatable bonds is 5. The Labute approximate surface area is 207 Å². The number of amides is 1. The number of anilines is 1. The normalized spacial score (nSPS) is 15.4. The molecule has 0 saturated carbocycles. The van der Waals surface area contributed by atoms with Gasteiger partial charge >= 0.3 is 5.97 Å². The van der Waals surface area contributed by atoms with Crippen molar-refractivity contribution in [2.75, 3.05) is 11.9 Å². The number of pyridine rings is 1. The summed E-state index contributed by atoms with van der Waals surface area (Å²) in [6.45, 7) is 5.98. The quantitative estimate of drug-likeness (QED) is 0.274. The van der Waals surface area contributed by atoms with Crippen LogP contribution in [-0.4, -0.2) is 28.4 Å². The molecule has 1 atom stereocenters. The zero-order valence-electron chi connectivity index (χ0n) is 19.8. The number of esters is 1. The highest BCUT2D eigenvalue weighted by molar-refractivity contribution is 6.31. The van der Waals surface area contributed by atoms with Crippen molar-refractivity contribution in [1.29, 1.82) is 0 Å². The van der Waals surface area contributed by atoms with Gasteiger partial charge in [0.2, 0.25) is 0 Å². The van der Waals surface area contributed by atoms with Crippen LogP contribution in [-0.2, 0) is 22.4 Å². The first-order chi connectivity index (χ1) is 16.5. The molecule has 1 aliphatic rings. The van der Waals surface area contributed by atoms with E-state index in [1.807, 2.05) is 24.3 Å². The van der Waals surface area contributed by atoms with E-state index in [1.165, 1.54) is 12.1 Å². The highest BCUT2D eigenvalue weighted by Crippen LogP contribution is 2.39. The number of nitrogens with one attached hydrogen (secondary N) is 1. The van der Waals surface area contributed by atoms with Gasteiger partial charge in [-0.25, -0.2) is 4.79 Å². The maximum Gasteiger partial charge on any atom is 0.339 e. The van der Waals surface area contributed by atoms with Gasteiger partial charge in [-0.1, -0.05) is 50.6 Å². The summed E-state index contributed by atoms with van der Waals surface area (Å²) in [5, 5.41) is 14.5. The molecular weight excluding hydrogens is 470 g/mol. The number of aromatic nitrogens is 1. The van der Waals surface area contributed by atoms with E-state index in [9.17, 15) is 19.7 Å². The molecule has 0 radical (unpaired) electrons. The van der Waals surface area contributed by atoms with Crippen molar-refractivity contribution in [3.05, 3.63) is 74.4 Å². The van der Waals surface area contributed by atoms with Crippen molar-refractivity contribution >= 4 is 45.8 Å². The second kappa shape index (κ2) is 9.62. The molecular formula is C26H26ClN3O5. The third-order valence-electron chi connectivity index (χ3n) is 6.45. The van der Waals surface area contributed by atoms with Crippen molar-refractivity contribution in [2.45, 2.75) is 40.0 Å². The predicted molar refractivity (Wildman–Crippen MR) is 134 cm³/mol. The molecule has 9 heteroatoms. The van der Waals surface area contributed by atoms with Crippen LogP contribution in [0.2, 0.25) is 5.02 Å². The molecule has 0 aliphatic heterocycles. The fourth-order valence-electron chi connectivity index (χ4n) is 4.51. The summed E-state index contributed by atoms with van der Waals surface area (Å²) in [6.07, 6.45) is 2.45. The lowest BCUT2D eigenvalue weighted by Gasteiger charge is -2.35. The first kappa shape index (κ1) is 24.6. The van der Waals surface area contributed by atoms with E-state index >= 15 is 0 Å². The van der Waals surface area contributed by atoms with E-state index in [1.54, 1.807) is 0 Å². The van der Waals surface area contributed by atoms with Crippen LogP contribution in [0.15, 0.2) is 42.5 Å².